The molecule has 0 aliphatic rings. The first kappa shape index (κ1) is 12.2. The minimum atomic E-state index is -0.430. The minimum Gasteiger partial charge on any atom is -0.496 e. The summed E-state index contributed by atoms with van der Waals surface area (Å²) in [5.41, 5.74) is 0.0249. The Labute approximate surface area is 104 Å². The van der Waals surface area contributed by atoms with Gasteiger partial charge in [0, 0.05) is 17.8 Å². The third-order valence-electron chi connectivity index (χ3n) is 2.87. The number of rotatable bonds is 3. The van der Waals surface area contributed by atoms with Crippen LogP contribution >= 0.6 is 0 Å². The van der Waals surface area contributed by atoms with Gasteiger partial charge in [0.05, 0.1) is 13.2 Å². The maximum atomic E-state index is 11.8. The molecule has 0 saturated heterocycles. The average Bonchev–Trinajstić information content (AvgIpc) is 2.38. The van der Waals surface area contributed by atoms with Gasteiger partial charge in [0.2, 0.25) is 0 Å². The van der Waals surface area contributed by atoms with E-state index in [-0.39, 0.29) is 5.56 Å². The van der Waals surface area contributed by atoms with Crippen LogP contribution in [0, 0.1) is 0 Å². The molecule has 1 N–H and O–H groups in total. The molecule has 0 saturated carbocycles. The molecule has 1 heterocycles. The van der Waals surface area contributed by atoms with Crippen LogP contribution < -0.4 is 16.0 Å². The van der Waals surface area contributed by atoms with E-state index < -0.39 is 11.7 Å². The highest BCUT2D eigenvalue weighted by molar-refractivity contribution is 5.35. The van der Waals surface area contributed by atoms with Crippen molar-refractivity contribution in [1.29, 1.82) is 0 Å². The number of ether oxygens (including phenoxy) is 1. The predicted molar refractivity (Wildman–Crippen MR) is 68.1 cm³/mol. The van der Waals surface area contributed by atoms with Gasteiger partial charge in [-0.05, 0) is 13.0 Å². The largest absolute Gasteiger partial charge is 0.496 e. The molecular weight excluding hydrogens is 232 g/mol. The van der Waals surface area contributed by atoms with Crippen molar-refractivity contribution in [1.82, 2.24) is 9.55 Å². The number of nitrogens with zero attached hydrogens (tertiary/aromatic N) is 1. The Morgan fingerprint density at radius 3 is 2.61 bits per heavy atom. The lowest BCUT2D eigenvalue weighted by molar-refractivity contribution is 0.401. The van der Waals surface area contributed by atoms with Gasteiger partial charge in [0.15, 0.2) is 0 Å². The number of hydrogen-bond acceptors (Lipinski definition) is 3. The van der Waals surface area contributed by atoms with Crippen LogP contribution in [-0.2, 0) is 0 Å². The van der Waals surface area contributed by atoms with Crippen LogP contribution in [0.15, 0.2) is 46.1 Å². The van der Waals surface area contributed by atoms with Crippen LogP contribution in [0.1, 0.15) is 18.5 Å². The van der Waals surface area contributed by atoms with Crippen molar-refractivity contribution in [2.75, 3.05) is 7.11 Å². The molecule has 0 spiro atoms. The molecule has 1 aromatic carbocycles. The van der Waals surface area contributed by atoms with Crippen LogP contribution in [0.2, 0.25) is 0 Å². The van der Waals surface area contributed by atoms with Gasteiger partial charge in [0.1, 0.15) is 5.75 Å². The van der Waals surface area contributed by atoms with E-state index in [1.165, 1.54) is 12.3 Å². The zero-order valence-electron chi connectivity index (χ0n) is 10.2. The number of nitrogens with one attached hydrogen (secondary N) is 1. The van der Waals surface area contributed by atoms with Crippen molar-refractivity contribution in [2.45, 2.75) is 13.0 Å². The first-order valence-electron chi connectivity index (χ1n) is 5.58. The van der Waals surface area contributed by atoms with Crippen LogP contribution in [0.4, 0.5) is 0 Å². The highest BCUT2D eigenvalue weighted by atomic mass is 16.5. The van der Waals surface area contributed by atoms with E-state index in [4.69, 9.17) is 4.74 Å². The Kier molecular flexibility index (Phi) is 3.32. The second-order valence-electron chi connectivity index (χ2n) is 3.91. The van der Waals surface area contributed by atoms with Gasteiger partial charge in [-0.15, -0.1) is 0 Å². The van der Waals surface area contributed by atoms with Crippen molar-refractivity contribution < 1.29 is 4.74 Å². The molecule has 2 rings (SSSR count). The van der Waals surface area contributed by atoms with Gasteiger partial charge < -0.3 is 9.72 Å². The second kappa shape index (κ2) is 4.91. The Morgan fingerprint density at radius 2 is 1.94 bits per heavy atom. The Morgan fingerprint density at radius 1 is 1.22 bits per heavy atom. The van der Waals surface area contributed by atoms with Crippen LogP contribution in [0.5, 0.6) is 5.75 Å². The molecule has 94 valence electrons. The van der Waals surface area contributed by atoms with Crippen LogP contribution in [-0.4, -0.2) is 16.7 Å². The number of aromatic amines is 1. The second-order valence-corrected chi connectivity index (χ2v) is 3.91. The van der Waals surface area contributed by atoms with Crippen LogP contribution in [0.3, 0.4) is 0 Å². The summed E-state index contributed by atoms with van der Waals surface area (Å²) < 4.78 is 6.40. The average molecular weight is 246 g/mol. The SMILES string of the molecule is COc1ccccc1[C@@H](C)n1c(=O)cc[nH]c1=O. The smallest absolute Gasteiger partial charge is 0.328 e. The van der Waals surface area contributed by atoms with Crippen molar-refractivity contribution in [3.8, 4) is 5.75 Å². The van der Waals surface area contributed by atoms with Crippen molar-refractivity contribution >= 4 is 0 Å². The van der Waals surface area contributed by atoms with E-state index in [1.54, 1.807) is 20.1 Å². The van der Waals surface area contributed by atoms with Gasteiger partial charge in [-0.1, -0.05) is 18.2 Å². The number of methoxy groups -OCH3 is 1. The number of H-pyrrole nitrogens is 1. The molecule has 5 heteroatoms. The number of aromatic nitrogens is 2. The molecule has 0 unspecified atom stereocenters. The molecule has 0 fully saturated rings. The van der Waals surface area contributed by atoms with Gasteiger partial charge in [-0.25, -0.2) is 4.79 Å². The number of hydrogen-bond donors (Lipinski definition) is 1. The summed E-state index contributed by atoms with van der Waals surface area (Å²) in [5, 5.41) is 0. The highest BCUT2D eigenvalue weighted by Gasteiger charge is 2.15. The van der Waals surface area contributed by atoms with Crippen molar-refractivity contribution in [3.63, 3.8) is 0 Å². The molecule has 0 amide bonds. The zero-order chi connectivity index (χ0) is 13.1. The lowest BCUT2D eigenvalue weighted by atomic mass is 10.1. The first-order valence-corrected chi connectivity index (χ1v) is 5.58. The summed E-state index contributed by atoms with van der Waals surface area (Å²) in [7, 11) is 1.56. The topological polar surface area (TPSA) is 64.1 Å². The number of para-hydroxylation sites is 1. The van der Waals surface area contributed by atoms with Gasteiger partial charge in [-0.2, -0.15) is 0 Å². The van der Waals surface area contributed by atoms with E-state index in [9.17, 15) is 9.59 Å². The fourth-order valence-corrected chi connectivity index (χ4v) is 1.95. The summed E-state index contributed by atoms with van der Waals surface area (Å²) in [5.74, 6) is 0.653. The molecule has 0 bridgehead atoms. The minimum absolute atomic E-state index is 0.336. The fraction of sp³-hybridized carbons (Fsp3) is 0.231. The van der Waals surface area contributed by atoms with Crippen LogP contribution in [0.25, 0.3) is 0 Å². The summed E-state index contributed by atoms with van der Waals surface area (Å²) in [6.45, 7) is 1.79. The first-order chi connectivity index (χ1) is 8.65. The standard InChI is InChI=1S/C13H14N2O3/c1-9(10-5-3-4-6-11(10)18-2)15-12(16)7-8-14-13(15)17/h3-9H,1-2H3,(H,14,17)/t9-/m1/s1. The number of benzene rings is 1. The van der Waals surface area contributed by atoms with Crippen molar-refractivity contribution in [3.05, 3.63) is 62.9 Å². The highest BCUT2D eigenvalue weighted by Crippen LogP contribution is 2.25. The molecule has 2 aromatic rings. The molecule has 18 heavy (non-hydrogen) atoms. The van der Waals surface area contributed by atoms with Gasteiger partial charge >= 0.3 is 5.69 Å². The van der Waals surface area contributed by atoms with E-state index in [1.807, 2.05) is 18.2 Å². The summed E-state index contributed by atoms with van der Waals surface area (Å²) >= 11 is 0. The Bertz CT molecular complexity index is 629. The summed E-state index contributed by atoms with van der Waals surface area (Å²) in [4.78, 5) is 26.0. The Hall–Kier alpha value is -2.30. The third-order valence-corrected chi connectivity index (χ3v) is 2.87. The lowest BCUT2D eigenvalue weighted by Crippen LogP contribution is -2.36. The summed E-state index contributed by atoms with van der Waals surface area (Å²) in [6, 6.07) is 8.26. The lowest BCUT2D eigenvalue weighted by Gasteiger charge is -2.16. The maximum Gasteiger partial charge on any atom is 0.328 e. The molecule has 0 aliphatic carbocycles. The molecule has 5 nitrogen and oxygen atoms in total. The Balaban J connectivity index is 2.58. The molecule has 1 aromatic heterocycles. The molecule has 0 aliphatic heterocycles. The predicted octanol–water partition coefficient (Wildman–Crippen LogP) is 1.15. The quantitative estimate of drug-likeness (QED) is 0.883. The summed E-state index contributed by atoms with van der Waals surface area (Å²) in [6.07, 6.45) is 1.34. The fourth-order valence-electron chi connectivity index (χ4n) is 1.95. The monoisotopic (exact) mass is 246 g/mol. The normalized spacial score (nSPS) is 12.1. The van der Waals surface area contributed by atoms with E-state index in [0.717, 1.165) is 10.1 Å². The van der Waals surface area contributed by atoms with E-state index in [2.05, 4.69) is 4.98 Å². The maximum absolute atomic E-state index is 11.8. The van der Waals surface area contributed by atoms with E-state index in [0.29, 0.717) is 5.75 Å². The van der Waals surface area contributed by atoms with Crippen molar-refractivity contribution in [2.24, 2.45) is 0 Å². The van der Waals surface area contributed by atoms with Gasteiger partial charge in [0.25, 0.3) is 5.56 Å². The zero-order valence-corrected chi connectivity index (χ0v) is 10.2. The van der Waals surface area contributed by atoms with E-state index >= 15 is 0 Å². The van der Waals surface area contributed by atoms with Gasteiger partial charge in [-0.3, -0.25) is 9.36 Å². The molecule has 0 radical (unpaired) electrons. The third kappa shape index (κ3) is 2.07. The molecule has 1 atom stereocenters. The molecular formula is C13H14N2O3.